The van der Waals surface area contributed by atoms with Crippen molar-refractivity contribution in [2.24, 2.45) is 55.3 Å². The Morgan fingerprint density at radius 1 is 0.727 bits per heavy atom. The molecule has 4 N–H and O–H groups in total. The van der Waals surface area contributed by atoms with Crippen molar-refractivity contribution in [1.29, 1.82) is 15.8 Å². The monoisotopic (exact) mass is 921 g/mol. The van der Waals surface area contributed by atoms with Gasteiger partial charge in [-0.15, -0.1) is 0 Å². The third kappa shape index (κ3) is 21.8. The number of carbonyl (C=O) groups excluding carboxylic acids is 3. The number of amides is 2. The van der Waals surface area contributed by atoms with Crippen molar-refractivity contribution in [2.45, 2.75) is 177 Å². The lowest BCUT2D eigenvalue weighted by Crippen LogP contribution is -2.45. The molecule has 0 aromatic carbocycles. The molecule has 370 valence electrons. The lowest BCUT2D eigenvalue weighted by atomic mass is 10.0. The fourth-order valence-electron chi connectivity index (χ4n) is 9.16. The predicted octanol–water partition coefficient (Wildman–Crippen LogP) is 7.63. The molecule has 0 bridgehead atoms. The number of esters is 1. The van der Waals surface area contributed by atoms with Gasteiger partial charge in [-0.2, -0.15) is 25.8 Å². The van der Waals surface area contributed by atoms with Crippen molar-refractivity contribution < 1.29 is 23.9 Å². The zero-order chi connectivity index (χ0) is 49.3. The maximum atomic E-state index is 12.0. The summed E-state index contributed by atoms with van der Waals surface area (Å²) in [5.74, 6) is 5.98. The molecule has 0 spiro atoms. The molecule has 7 unspecified atom stereocenters. The fourth-order valence-corrected chi connectivity index (χ4v) is 9.16. The van der Waals surface area contributed by atoms with E-state index in [9.17, 15) is 14.4 Å². The summed E-state index contributed by atoms with van der Waals surface area (Å²) in [4.78, 5) is 54.0. The fraction of sp³-hybridized carbons (Fsp3) is 0.796. The van der Waals surface area contributed by atoms with Crippen LogP contribution in [-0.4, -0.2) is 110 Å². The minimum absolute atomic E-state index is 0.215. The van der Waals surface area contributed by atoms with E-state index in [1.54, 1.807) is 14.0 Å². The number of hydrogen-bond donors (Lipinski definition) is 3. The normalized spacial score (nSPS) is 23.6. The van der Waals surface area contributed by atoms with Crippen LogP contribution in [0.25, 0.3) is 0 Å². The van der Waals surface area contributed by atoms with E-state index >= 15 is 0 Å². The average Bonchev–Trinajstić information content (AvgIpc) is 4.15. The van der Waals surface area contributed by atoms with Crippen molar-refractivity contribution in [3.63, 3.8) is 0 Å². The zero-order valence-electron chi connectivity index (χ0n) is 41.9. The van der Waals surface area contributed by atoms with Gasteiger partial charge in [0.15, 0.2) is 12.1 Å². The Labute approximate surface area is 397 Å². The molecule has 2 amide bonds. The molecule has 0 aromatic rings. The number of likely N-dealkylation sites (tertiary alicyclic amines) is 2. The van der Waals surface area contributed by atoms with Crippen LogP contribution in [0.5, 0.6) is 0 Å². The number of nitriles is 3. The first-order valence-electron chi connectivity index (χ1n) is 24.8. The summed E-state index contributed by atoms with van der Waals surface area (Å²) in [6.45, 7) is 21.3. The van der Waals surface area contributed by atoms with Gasteiger partial charge in [-0.05, 0) is 81.5 Å². The van der Waals surface area contributed by atoms with Gasteiger partial charge in [-0.1, -0.05) is 80.6 Å². The number of methoxy groups -OCH3 is 1. The Morgan fingerprint density at radius 2 is 1.21 bits per heavy atom. The Balaban J connectivity index is 0.000000425. The van der Waals surface area contributed by atoms with Gasteiger partial charge in [0.2, 0.25) is 24.2 Å². The van der Waals surface area contributed by atoms with E-state index in [2.05, 4.69) is 65.2 Å². The van der Waals surface area contributed by atoms with Gasteiger partial charge in [0.05, 0.1) is 13.7 Å². The van der Waals surface area contributed by atoms with Gasteiger partial charge >= 0.3 is 5.97 Å². The summed E-state index contributed by atoms with van der Waals surface area (Å²) in [5, 5.41) is 31.2. The van der Waals surface area contributed by atoms with E-state index in [4.69, 9.17) is 31.0 Å². The van der Waals surface area contributed by atoms with Crippen LogP contribution in [0.4, 0.5) is 0 Å². The summed E-state index contributed by atoms with van der Waals surface area (Å²) in [7, 11) is 1.70. The molecule has 0 aromatic heterocycles. The summed E-state index contributed by atoms with van der Waals surface area (Å²) in [6, 6.07) is -0.641. The minimum atomic E-state index is -0.338. The van der Waals surface area contributed by atoms with Crippen molar-refractivity contribution in [3.8, 4) is 18.6 Å². The number of amidine groups is 3. The molecule has 5 heterocycles. The van der Waals surface area contributed by atoms with Crippen molar-refractivity contribution in [1.82, 2.24) is 20.4 Å². The van der Waals surface area contributed by atoms with Crippen LogP contribution in [0.2, 0.25) is 0 Å². The Bertz CT molecular complexity index is 1700. The third-order valence-corrected chi connectivity index (χ3v) is 12.3. The second-order valence-electron chi connectivity index (χ2n) is 17.6. The van der Waals surface area contributed by atoms with Gasteiger partial charge < -0.3 is 30.3 Å². The zero-order valence-corrected chi connectivity index (χ0v) is 41.9. The summed E-state index contributed by atoms with van der Waals surface area (Å²) in [5.41, 5.74) is 5.39. The summed E-state index contributed by atoms with van der Waals surface area (Å²) in [6.07, 6.45) is 23.0. The number of hydrogen-bond acceptors (Lipinski definition) is 13. The predicted molar refractivity (Wildman–Crippen MR) is 262 cm³/mol. The van der Waals surface area contributed by atoms with E-state index in [1.807, 2.05) is 42.2 Å². The van der Waals surface area contributed by atoms with Gasteiger partial charge in [0.25, 0.3) is 0 Å². The minimum Gasteiger partial charge on any atom is -0.484 e. The molecular weight excluding hydrogens is 837 g/mol. The molecule has 3 fully saturated rings. The van der Waals surface area contributed by atoms with Crippen LogP contribution in [0.3, 0.4) is 0 Å². The van der Waals surface area contributed by atoms with E-state index in [-0.39, 0.29) is 29.9 Å². The molecule has 17 heteroatoms. The maximum absolute atomic E-state index is 12.0. The average molecular weight is 921 g/mol. The topological polar surface area (TPSA) is 247 Å². The van der Waals surface area contributed by atoms with Gasteiger partial charge in [0.1, 0.15) is 29.6 Å². The molecule has 5 aliphatic rings. The van der Waals surface area contributed by atoms with Crippen LogP contribution in [0, 0.1) is 64.0 Å². The van der Waals surface area contributed by atoms with Crippen LogP contribution < -0.4 is 16.4 Å². The molecular formula is C49H84N12O5. The van der Waals surface area contributed by atoms with Gasteiger partial charge in [-0.3, -0.25) is 24.9 Å². The largest absolute Gasteiger partial charge is 0.484 e. The smallest absolute Gasteiger partial charge is 0.328 e. The number of nitrogens with two attached hydrogens (primary N) is 1. The summed E-state index contributed by atoms with van der Waals surface area (Å²) < 4.78 is 10.1. The van der Waals surface area contributed by atoms with E-state index in [0.29, 0.717) is 43.1 Å². The maximum Gasteiger partial charge on any atom is 0.328 e. The molecule has 17 nitrogen and oxygen atoms in total. The molecule has 5 aliphatic heterocycles. The standard InChI is InChI=1S/C14H23N3O2.C12H20N4O.C8H13N3.C8H15NO.C7H13NO/c1-4-7-11-8-13(16-10-15)17(9-11)12(5-2)14(18)19-6-3;1-3-5-9-6-11(15-8-13)16(7-9)10(4-2)12(14)17;1-2-3-7-4-8(10-5-7)11-6-9;1-3-4-7-5-8(10-2)9-6-7;1-2-3-6-4-7(9)8-5-6/h11-12H,4-9H2,1-3H3;9-10H,3-7H2,1-2H3,(H2,14,17);7H,2-5H2,1H3,(H,10,11);7H,3-6H2,1-2H3;6H,2-5H2,1H3,(H,8,9). The molecule has 5 rings (SSSR count). The highest BCUT2D eigenvalue weighted by molar-refractivity contribution is 5.91. The van der Waals surface area contributed by atoms with Crippen LogP contribution in [-0.2, 0) is 23.9 Å². The lowest BCUT2D eigenvalue weighted by molar-refractivity contribution is -0.148. The highest BCUT2D eigenvalue weighted by Crippen LogP contribution is 2.28. The van der Waals surface area contributed by atoms with Crippen molar-refractivity contribution >= 4 is 41.2 Å². The van der Waals surface area contributed by atoms with Crippen molar-refractivity contribution in [2.75, 3.05) is 46.4 Å². The summed E-state index contributed by atoms with van der Waals surface area (Å²) >= 11 is 0. The van der Waals surface area contributed by atoms with E-state index in [0.717, 1.165) is 120 Å². The second kappa shape index (κ2) is 35.0. The quantitative estimate of drug-likeness (QED) is 0.0727. The lowest BCUT2D eigenvalue weighted by Gasteiger charge is -2.27. The Hall–Kier alpha value is -5.24. The second-order valence-corrected chi connectivity index (χ2v) is 17.6. The molecule has 66 heavy (non-hydrogen) atoms. The van der Waals surface area contributed by atoms with Crippen LogP contribution in [0.1, 0.15) is 165 Å². The Morgan fingerprint density at radius 3 is 1.62 bits per heavy atom. The van der Waals surface area contributed by atoms with E-state index in [1.165, 1.54) is 38.5 Å². The molecule has 0 aliphatic carbocycles. The highest BCUT2D eigenvalue weighted by Gasteiger charge is 2.36. The molecule has 7 atom stereocenters. The molecule has 3 saturated heterocycles. The third-order valence-electron chi connectivity index (χ3n) is 12.3. The molecule has 0 radical (unpaired) electrons. The SMILES string of the molecule is CCCC1CC(=NC#N)N(C(CC)C(=O)OCC)C1.CCCC1CC(=NC#N)N(C(CC)C(N)=O)C1.CCCC1CN=C(NC#N)C1.CCCC1CN=C(OC)C1.CCCC1CNC(=O)C1. The Kier molecular flexibility index (Phi) is 31.2. The van der Waals surface area contributed by atoms with Crippen molar-refractivity contribution in [3.05, 3.63) is 0 Å². The number of aliphatic imine (C=N–C) groups is 4. The number of primary amides is 1. The van der Waals surface area contributed by atoms with Gasteiger partial charge in [0, 0.05) is 64.8 Å². The van der Waals surface area contributed by atoms with Gasteiger partial charge in [-0.25, -0.2) is 4.79 Å². The number of ether oxygens (including phenoxy) is 2. The highest BCUT2D eigenvalue weighted by atomic mass is 16.5. The number of carbonyl (C=O) groups is 3. The van der Waals surface area contributed by atoms with E-state index < -0.39 is 0 Å². The number of nitrogens with zero attached hydrogens (tertiary/aromatic N) is 9. The first-order valence-corrected chi connectivity index (χ1v) is 24.8. The first-order chi connectivity index (χ1) is 31.9. The molecule has 0 saturated carbocycles. The van der Waals surface area contributed by atoms with Crippen LogP contribution >= 0.6 is 0 Å². The number of nitrogens with one attached hydrogen (secondary N) is 2. The number of rotatable bonds is 17. The first kappa shape index (κ1) is 58.8. The van der Waals surface area contributed by atoms with Crippen LogP contribution in [0.15, 0.2) is 20.0 Å².